The number of urea groups is 1. The van der Waals surface area contributed by atoms with E-state index in [1.165, 1.54) is 6.07 Å². The Bertz CT molecular complexity index is 1810. The van der Waals surface area contributed by atoms with Crippen LogP contribution in [-0.4, -0.2) is 81.8 Å². The molecule has 1 aliphatic heterocycles. The second-order valence-electron chi connectivity index (χ2n) is 11.5. The number of aromatic hydroxyl groups is 1. The molecule has 0 bridgehead atoms. The Morgan fingerprint density at radius 1 is 1.04 bits per heavy atom. The first kappa shape index (κ1) is 35.0. The molecule has 4 aromatic rings. The van der Waals surface area contributed by atoms with E-state index >= 15 is 0 Å². The van der Waals surface area contributed by atoms with Crippen molar-refractivity contribution in [3.63, 3.8) is 0 Å². The average Bonchev–Trinajstić information content (AvgIpc) is 3.60. The van der Waals surface area contributed by atoms with Gasteiger partial charge in [-0.1, -0.05) is 67.6 Å². The van der Waals surface area contributed by atoms with Crippen LogP contribution >= 0.6 is 11.6 Å². The SMILES string of the molecule is CCCN(C(=O)[C@H](NC(=O)N1CCOCC1)c1ccccc1)[C@@H](CC)C(=O)Nc1ccc(C#Cc2c[nH]nc2-c2cc(Cl)ccc2O)cc1. The summed E-state index contributed by atoms with van der Waals surface area (Å²) in [4.78, 5) is 44.3. The second kappa shape index (κ2) is 16.7. The number of carbonyl (C=O) groups excluding carboxylic acids is 3. The molecule has 0 spiro atoms. The Hall–Kier alpha value is -5.31. The van der Waals surface area contributed by atoms with E-state index in [1.807, 2.05) is 32.0 Å². The molecular formula is C37H39ClN6O5. The maximum absolute atomic E-state index is 14.2. The second-order valence-corrected chi connectivity index (χ2v) is 11.9. The zero-order valence-corrected chi connectivity index (χ0v) is 28.2. The van der Waals surface area contributed by atoms with Gasteiger partial charge in [0.2, 0.25) is 5.91 Å². The van der Waals surface area contributed by atoms with Crippen molar-refractivity contribution < 1.29 is 24.2 Å². The van der Waals surface area contributed by atoms with Crippen molar-refractivity contribution in [1.29, 1.82) is 0 Å². The topological polar surface area (TPSA) is 140 Å². The Labute approximate surface area is 290 Å². The third kappa shape index (κ3) is 8.79. The summed E-state index contributed by atoms with van der Waals surface area (Å²) < 4.78 is 5.38. The number of hydrogen-bond acceptors (Lipinski definition) is 6. The van der Waals surface area contributed by atoms with Crippen LogP contribution in [0, 0.1) is 11.8 Å². The molecule has 1 aromatic heterocycles. The number of halogens is 1. The summed E-state index contributed by atoms with van der Waals surface area (Å²) >= 11 is 6.12. The maximum Gasteiger partial charge on any atom is 0.318 e. The van der Waals surface area contributed by atoms with Crippen molar-refractivity contribution in [3.05, 3.63) is 101 Å². The molecule has 1 saturated heterocycles. The Morgan fingerprint density at radius 3 is 2.47 bits per heavy atom. The summed E-state index contributed by atoms with van der Waals surface area (Å²) in [5.41, 5.74) is 3.39. The van der Waals surface area contributed by atoms with Crippen LogP contribution in [-0.2, 0) is 14.3 Å². The van der Waals surface area contributed by atoms with Crippen LogP contribution in [0.15, 0.2) is 79.0 Å². The van der Waals surface area contributed by atoms with Gasteiger partial charge >= 0.3 is 6.03 Å². The molecule has 0 unspecified atom stereocenters. The number of H-pyrrole nitrogens is 1. The van der Waals surface area contributed by atoms with E-state index in [0.29, 0.717) is 84.3 Å². The molecule has 12 heteroatoms. The molecule has 254 valence electrons. The maximum atomic E-state index is 14.2. The number of ether oxygens (including phenoxy) is 1. The lowest BCUT2D eigenvalue weighted by molar-refractivity contribution is -0.140. The van der Waals surface area contributed by atoms with Gasteiger partial charge in [-0.25, -0.2) is 4.79 Å². The number of nitrogens with one attached hydrogen (secondary N) is 3. The summed E-state index contributed by atoms with van der Waals surface area (Å²) in [6, 6.07) is 18.7. The van der Waals surface area contributed by atoms with Crippen molar-refractivity contribution in [3.8, 4) is 28.8 Å². The minimum atomic E-state index is -0.971. The Kier molecular flexibility index (Phi) is 11.9. The van der Waals surface area contributed by atoms with Gasteiger partial charge in [0.15, 0.2) is 0 Å². The molecule has 49 heavy (non-hydrogen) atoms. The van der Waals surface area contributed by atoms with Gasteiger partial charge in [0.05, 0.1) is 18.8 Å². The predicted molar refractivity (Wildman–Crippen MR) is 188 cm³/mol. The van der Waals surface area contributed by atoms with Crippen LogP contribution in [0.25, 0.3) is 11.3 Å². The number of carbonyl (C=O) groups is 3. The summed E-state index contributed by atoms with van der Waals surface area (Å²) in [6.07, 6.45) is 2.63. The lowest BCUT2D eigenvalue weighted by Gasteiger charge is -2.35. The molecule has 4 amide bonds. The largest absolute Gasteiger partial charge is 0.507 e. The molecule has 4 N–H and O–H groups in total. The number of anilines is 1. The lowest BCUT2D eigenvalue weighted by Crippen LogP contribution is -2.54. The highest BCUT2D eigenvalue weighted by Crippen LogP contribution is 2.32. The van der Waals surface area contributed by atoms with Gasteiger partial charge < -0.3 is 30.3 Å². The van der Waals surface area contributed by atoms with Crippen LogP contribution in [0.3, 0.4) is 0 Å². The standard InChI is InChI=1S/C37H39ClN6O5/c1-3-18-44(36(47)34(26-8-6-5-7-9-26)41-37(48)43-19-21-49-22-20-43)31(4-2)35(46)40-29-15-11-25(12-16-29)10-13-27-24-39-42-33(27)30-23-28(38)14-17-32(30)45/h5-9,11-12,14-17,23-24,31,34,45H,3-4,18-22H2,1-2H3,(H,39,42)(H,40,46)(H,41,48)/t31-,34+/m0/s1. The van der Waals surface area contributed by atoms with Gasteiger partial charge in [0.1, 0.15) is 23.5 Å². The number of aromatic amines is 1. The summed E-state index contributed by atoms with van der Waals surface area (Å²) in [5.74, 6) is 5.51. The van der Waals surface area contributed by atoms with E-state index in [2.05, 4.69) is 32.7 Å². The van der Waals surface area contributed by atoms with E-state index in [1.54, 1.807) is 64.5 Å². The van der Waals surface area contributed by atoms with Crippen molar-refractivity contribution in [2.45, 2.75) is 38.8 Å². The molecule has 11 nitrogen and oxygen atoms in total. The summed E-state index contributed by atoms with van der Waals surface area (Å²) in [7, 11) is 0. The van der Waals surface area contributed by atoms with Gasteiger partial charge in [-0.05, 0) is 60.9 Å². The first-order valence-corrected chi connectivity index (χ1v) is 16.6. The molecule has 2 heterocycles. The number of morpholine rings is 1. The zero-order chi connectivity index (χ0) is 34.8. The summed E-state index contributed by atoms with van der Waals surface area (Å²) in [6.45, 7) is 5.87. The van der Waals surface area contributed by atoms with Crippen LogP contribution < -0.4 is 10.6 Å². The lowest BCUT2D eigenvalue weighted by atomic mass is 10.0. The number of aromatic nitrogens is 2. The van der Waals surface area contributed by atoms with Crippen molar-refractivity contribution in [1.82, 2.24) is 25.3 Å². The first-order chi connectivity index (χ1) is 23.8. The number of amides is 4. The van der Waals surface area contributed by atoms with Crippen molar-refractivity contribution in [2.24, 2.45) is 0 Å². The molecule has 2 atom stereocenters. The number of phenols is 1. The van der Waals surface area contributed by atoms with Gasteiger partial charge in [-0.3, -0.25) is 14.7 Å². The molecular weight excluding hydrogens is 644 g/mol. The van der Waals surface area contributed by atoms with E-state index in [-0.39, 0.29) is 23.6 Å². The van der Waals surface area contributed by atoms with E-state index < -0.39 is 12.1 Å². The highest BCUT2D eigenvalue weighted by atomic mass is 35.5. The quantitative estimate of drug-likeness (QED) is 0.161. The van der Waals surface area contributed by atoms with Gasteiger partial charge in [0.25, 0.3) is 5.91 Å². The average molecular weight is 683 g/mol. The van der Waals surface area contributed by atoms with Gasteiger partial charge in [0, 0.05) is 47.7 Å². The predicted octanol–water partition coefficient (Wildman–Crippen LogP) is 5.57. The third-order valence-corrected chi connectivity index (χ3v) is 8.34. The van der Waals surface area contributed by atoms with E-state index in [0.717, 1.165) is 0 Å². The number of benzene rings is 3. The Morgan fingerprint density at radius 2 is 1.78 bits per heavy atom. The fourth-order valence-electron chi connectivity index (χ4n) is 5.58. The number of nitrogens with zero attached hydrogens (tertiary/aromatic N) is 3. The molecule has 0 saturated carbocycles. The third-order valence-electron chi connectivity index (χ3n) is 8.11. The number of rotatable bonds is 10. The minimum Gasteiger partial charge on any atom is -0.507 e. The number of hydrogen-bond donors (Lipinski definition) is 4. The Balaban J connectivity index is 1.30. The molecule has 1 aliphatic rings. The van der Waals surface area contributed by atoms with Gasteiger partial charge in [-0.15, -0.1) is 0 Å². The van der Waals surface area contributed by atoms with Crippen molar-refractivity contribution >= 4 is 35.1 Å². The van der Waals surface area contributed by atoms with Crippen LogP contribution in [0.1, 0.15) is 49.4 Å². The molecule has 0 aliphatic carbocycles. The van der Waals surface area contributed by atoms with E-state index in [9.17, 15) is 19.5 Å². The fraction of sp³-hybridized carbons (Fsp3) is 0.297. The zero-order valence-electron chi connectivity index (χ0n) is 27.4. The number of phenolic OH excluding ortho intramolecular Hbond substituents is 1. The van der Waals surface area contributed by atoms with Crippen LogP contribution in [0.5, 0.6) is 5.75 Å². The molecule has 0 radical (unpaired) electrons. The van der Waals surface area contributed by atoms with Gasteiger partial charge in [-0.2, -0.15) is 5.10 Å². The highest BCUT2D eigenvalue weighted by Gasteiger charge is 2.35. The highest BCUT2D eigenvalue weighted by molar-refractivity contribution is 6.31. The van der Waals surface area contributed by atoms with Crippen LogP contribution in [0.2, 0.25) is 5.02 Å². The molecule has 3 aromatic carbocycles. The molecule has 5 rings (SSSR count). The summed E-state index contributed by atoms with van der Waals surface area (Å²) in [5, 5.41) is 23.6. The normalized spacial score (nSPS) is 13.8. The fourth-order valence-corrected chi connectivity index (χ4v) is 5.75. The monoisotopic (exact) mass is 682 g/mol. The minimum absolute atomic E-state index is 0.0394. The molecule has 1 fully saturated rings. The first-order valence-electron chi connectivity index (χ1n) is 16.2. The van der Waals surface area contributed by atoms with Crippen molar-refractivity contribution in [2.75, 3.05) is 38.2 Å². The van der Waals surface area contributed by atoms with Crippen LogP contribution in [0.4, 0.5) is 10.5 Å². The smallest absolute Gasteiger partial charge is 0.318 e. The van der Waals surface area contributed by atoms with E-state index in [4.69, 9.17) is 16.3 Å².